The van der Waals surface area contributed by atoms with E-state index in [4.69, 9.17) is 9.47 Å². The van der Waals surface area contributed by atoms with Crippen molar-refractivity contribution in [3.8, 4) is 11.5 Å². The predicted octanol–water partition coefficient (Wildman–Crippen LogP) is 1.78. The average molecular weight is 370 g/mol. The molecule has 7 nitrogen and oxygen atoms in total. The van der Waals surface area contributed by atoms with Gasteiger partial charge in [0.15, 0.2) is 11.5 Å². The van der Waals surface area contributed by atoms with Gasteiger partial charge in [0.25, 0.3) is 5.91 Å². The van der Waals surface area contributed by atoms with Crippen LogP contribution in [0.15, 0.2) is 36.7 Å². The zero-order valence-electron chi connectivity index (χ0n) is 16.1. The van der Waals surface area contributed by atoms with Gasteiger partial charge in [-0.15, -0.1) is 0 Å². The Hall–Kier alpha value is -2.80. The van der Waals surface area contributed by atoms with Crippen LogP contribution in [-0.4, -0.2) is 63.2 Å². The van der Waals surface area contributed by atoms with Crippen LogP contribution in [0.5, 0.6) is 11.5 Å². The summed E-state index contributed by atoms with van der Waals surface area (Å²) in [5.74, 6) is 1.16. The van der Waals surface area contributed by atoms with Crippen LogP contribution in [-0.2, 0) is 6.54 Å². The molecule has 0 aliphatic carbocycles. The van der Waals surface area contributed by atoms with Crippen molar-refractivity contribution in [3.63, 3.8) is 0 Å². The van der Waals surface area contributed by atoms with E-state index in [1.807, 2.05) is 30.5 Å². The fourth-order valence-electron chi connectivity index (χ4n) is 3.06. The summed E-state index contributed by atoms with van der Waals surface area (Å²) in [6, 6.07) is 7.50. The number of ether oxygens (including phenoxy) is 2. The van der Waals surface area contributed by atoms with Crippen molar-refractivity contribution < 1.29 is 14.3 Å². The van der Waals surface area contributed by atoms with Gasteiger partial charge in [0.2, 0.25) is 0 Å². The molecule has 1 aliphatic rings. The number of nitrogens with one attached hydrogen (secondary N) is 1. The van der Waals surface area contributed by atoms with Crippen LogP contribution in [0.25, 0.3) is 0 Å². The summed E-state index contributed by atoms with van der Waals surface area (Å²) in [6.07, 6.45) is 3.42. The Balaban J connectivity index is 1.64. The first-order valence-electron chi connectivity index (χ1n) is 8.98. The van der Waals surface area contributed by atoms with E-state index >= 15 is 0 Å². The number of anilines is 1. The number of aromatic nitrogens is 1. The fourth-order valence-corrected chi connectivity index (χ4v) is 3.06. The Morgan fingerprint density at radius 2 is 1.81 bits per heavy atom. The number of hydrogen-bond donors (Lipinski definition) is 1. The summed E-state index contributed by atoms with van der Waals surface area (Å²) in [4.78, 5) is 21.4. The van der Waals surface area contributed by atoms with Gasteiger partial charge in [-0.3, -0.25) is 9.78 Å². The number of likely N-dealkylation sites (N-methyl/N-ethyl adjacent to an activating group) is 1. The molecule has 0 unspecified atom stereocenters. The van der Waals surface area contributed by atoms with Crippen molar-refractivity contribution in [2.75, 3.05) is 52.3 Å². The molecular formula is C20H26N4O3. The minimum absolute atomic E-state index is 0.145. The first-order chi connectivity index (χ1) is 13.1. The highest BCUT2D eigenvalue weighted by Crippen LogP contribution is 2.27. The Morgan fingerprint density at radius 3 is 2.52 bits per heavy atom. The molecule has 2 aromatic rings. The molecule has 0 saturated carbocycles. The van der Waals surface area contributed by atoms with Gasteiger partial charge in [0.05, 0.1) is 31.7 Å². The smallest absolute Gasteiger partial charge is 0.253 e. The molecule has 1 fully saturated rings. The molecule has 144 valence electrons. The van der Waals surface area contributed by atoms with Crippen LogP contribution in [0.4, 0.5) is 5.69 Å². The minimum Gasteiger partial charge on any atom is -0.493 e. The SMILES string of the molecule is COc1ccc(CNC(=O)c2cncc(N3CCN(C)CC3)c2)cc1OC. The number of rotatable bonds is 6. The molecule has 1 N–H and O–H groups in total. The highest BCUT2D eigenvalue weighted by molar-refractivity contribution is 5.94. The lowest BCUT2D eigenvalue weighted by Crippen LogP contribution is -2.44. The van der Waals surface area contributed by atoms with Crippen LogP contribution >= 0.6 is 0 Å². The summed E-state index contributed by atoms with van der Waals surface area (Å²) < 4.78 is 10.5. The standard InChI is InChI=1S/C20H26N4O3/c1-23-6-8-24(9-7-23)17-11-16(13-21-14-17)20(25)22-12-15-4-5-18(26-2)19(10-15)27-3/h4-5,10-11,13-14H,6-9,12H2,1-3H3,(H,22,25). The maximum Gasteiger partial charge on any atom is 0.253 e. The van der Waals surface area contributed by atoms with E-state index in [1.165, 1.54) is 0 Å². The molecule has 27 heavy (non-hydrogen) atoms. The number of pyridine rings is 1. The van der Waals surface area contributed by atoms with E-state index in [0.29, 0.717) is 23.6 Å². The molecule has 0 spiro atoms. The Kier molecular flexibility index (Phi) is 6.13. The van der Waals surface area contributed by atoms with Crippen molar-refractivity contribution in [1.29, 1.82) is 0 Å². The first kappa shape index (κ1) is 19.0. The molecule has 3 rings (SSSR count). The molecular weight excluding hydrogens is 344 g/mol. The maximum atomic E-state index is 12.5. The zero-order chi connectivity index (χ0) is 19.2. The third-order valence-corrected chi connectivity index (χ3v) is 4.76. The largest absolute Gasteiger partial charge is 0.493 e. The summed E-state index contributed by atoms with van der Waals surface area (Å²) in [5, 5.41) is 2.94. The third kappa shape index (κ3) is 4.68. The summed E-state index contributed by atoms with van der Waals surface area (Å²) in [5.41, 5.74) is 2.48. The van der Waals surface area contributed by atoms with Crippen molar-refractivity contribution in [2.45, 2.75) is 6.54 Å². The van der Waals surface area contributed by atoms with Gasteiger partial charge < -0.3 is 24.6 Å². The lowest BCUT2D eigenvalue weighted by molar-refractivity contribution is 0.0950. The highest BCUT2D eigenvalue weighted by atomic mass is 16.5. The summed E-state index contributed by atoms with van der Waals surface area (Å²) in [6.45, 7) is 4.30. The Labute approximate surface area is 159 Å². The second-order valence-corrected chi connectivity index (χ2v) is 6.59. The number of piperazine rings is 1. The number of benzene rings is 1. The van der Waals surface area contributed by atoms with Crippen LogP contribution in [0.3, 0.4) is 0 Å². The van der Waals surface area contributed by atoms with Crippen molar-refractivity contribution in [1.82, 2.24) is 15.2 Å². The normalized spacial score (nSPS) is 14.7. The molecule has 1 amide bonds. The molecule has 0 atom stereocenters. The molecule has 2 heterocycles. The number of hydrogen-bond acceptors (Lipinski definition) is 6. The third-order valence-electron chi connectivity index (χ3n) is 4.76. The zero-order valence-corrected chi connectivity index (χ0v) is 16.1. The van der Waals surface area contributed by atoms with E-state index in [1.54, 1.807) is 20.4 Å². The molecule has 1 saturated heterocycles. The fraction of sp³-hybridized carbons (Fsp3) is 0.400. The van der Waals surface area contributed by atoms with Crippen LogP contribution < -0.4 is 19.7 Å². The summed E-state index contributed by atoms with van der Waals surface area (Å²) >= 11 is 0. The Morgan fingerprint density at radius 1 is 1.07 bits per heavy atom. The number of nitrogens with zero attached hydrogens (tertiary/aromatic N) is 3. The minimum atomic E-state index is -0.145. The van der Waals surface area contributed by atoms with Crippen molar-refractivity contribution in [2.24, 2.45) is 0 Å². The van der Waals surface area contributed by atoms with Gasteiger partial charge >= 0.3 is 0 Å². The van der Waals surface area contributed by atoms with Gasteiger partial charge in [0, 0.05) is 38.9 Å². The van der Waals surface area contributed by atoms with E-state index in [9.17, 15) is 4.79 Å². The topological polar surface area (TPSA) is 66.9 Å². The van der Waals surface area contributed by atoms with Gasteiger partial charge in [-0.1, -0.05) is 6.07 Å². The molecule has 1 aromatic carbocycles. The van der Waals surface area contributed by atoms with E-state index in [2.05, 4.69) is 27.1 Å². The lowest BCUT2D eigenvalue weighted by Gasteiger charge is -2.33. The van der Waals surface area contributed by atoms with Gasteiger partial charge in [-0.05, 0) is 30.8 Å². The second-order valence-electron chi connectivity index (χ2n) is 6.59. The maximum absolute atomic E-state index is 12.5. The molecule has 1 aromatic heterocycles. The molecule has 7 heteroatoms. The number of amides is 1. The van der Waals surface area contributed by atoms with Gasteiger partial charge in [-0.25, -0.2) is 0 Å². The molecule has 0 radical (unpaired) electrons. The summed E-state index contributed by atoms with van der Waals surface area (Å²) in [7, 11) is 5.31. The van der Waals surface area contributed by atoms with Crippen molar-refractivity contribution in [3.05, 3.63) is 47.8 Å². The number of carbonyl (C=O) groups excluding carboxylic acids is 1. The number of carbonyl (C=O) groups is 1. The second kappa shape index (κ2) is 8.73. The van der Waals surface area contributed by atoms with E-state index in [0.717, 1.165) is 37.4 Å². The van der Waals surface area contributed by atoms with Gasteiger partial charge in [0.1, 0.15) is 0 Å². The predicted molar refractivity (Wildman–Crippen MR) is 105 cm³/mol. The van der Waals surface area contributed by atoms with E-state index in [-0.39, 0.29) is 5.91 Å². The van der Waals surface area contributed by atoms with Crippen LogP contribution in [0.1, 0.15) is 15.9 Å². The quantitative estimate of drug-likeness (QED) is 0.836. The molecule has 1 aliphatic heterocycles. The van der Waals surface area contributed by atoms with Crippen molar-refractivity contribution >= 4 is 11.6 Å². The van der Waals surface area contributed by atoms with E-state index < -0.39 is 0 Å². The number of methoxy groups -OCH3 is 2. The highest BCUT2D eigenvalue weighted by Gasteiger charge is 2.16. The van der Waals surface area contributed by atoms with Crippen LogP contribution in [0, 0.1) is 0 Å². The first-order valence-corrected chi connectivity index (χ1v) is 8.98. The molecule has 0 bridgehead atoms. The van der Waals surface area contributed by atoms with Crippen LogP contribution in [0.2, 0.25) is 0 Å². The lowest BCUT2D eigenvalue weighted by atomic mass is 10.2. The van der Waals surface area contributed by atoms with Gasteiger partial charge in [-0.2, -0.15) is 0 Å². The monoisotopic (exact) mass is 370 g/mol. The average Bonchev–Trinajstić information content (AvgIpc) is 2.72. The Bertz CT molecular complexity index is 789.